The Morgan fingerprint density at radius 1 is 1.14 bits per heavy atom. The number of aliphatic carboxylic acids is 1. The molecule has 1 heterocycles. The second kappa shape index (κ2) is 10.1. The van der Waals surface area contributed by atoms with Crippen molar-refractivity contribution in [2.45, 2.75) is 18.7 Å². The van der Waals surface area contributed by atoms with Crippen LogP contribution >= 0.6 is 39.0 Å². The van der Waals surface area contributed by atoms with Crippen molar-refractivity contribution in [3.8, 4) is 5.75 Å². The highest BCUT2D eigenvalue weighted by Crippen LogP contribution is 2.32. The van der Waals surface area contributed by atoms with E-state index in [9.17, 15) is 4.79 Å². The van der Waals surface area contributed by atoms with Crippen molar-refractivity contribution in [3.63, 3.8) is 0 Å². The van der Waals surface area contributed by atoms with Crippen LogP contribution in [-0.4, -0.2) is 23.4 Å². The van der Waals surface area contributed by atoms with Gasteiger partial charge in [-0.2, -0.15) is 0 Å². The summed E-state index contributed by atoms with van der Waals surface area (Å²) in [6.07, 6.45) is 2.27. The molecular formula is C23H21BrO3S2. The molecule has 29 heavy (non-hydrogen) atoms. The average Bonchev–Trinajstić information content (AvgIpc) is 3.11. The lowest BCUT2D eigenvalue weighted by atomic mass is 10.0. The van der Waals surface area contributed by atoms with Gasteiger partial charge in [0.2, 0.25) is 0 Å². The molecule has 0 atom stereocenters. The van der Waals surface area contributed by atoms with Crippen molar-refractivity contribution < 1.29 is 14.6 Å². The van der Waals surface area contributed by atoms with E-state index in [0.717, 1.165) is 20.7 Å². The maximum Gasteiger partial charge on any atom is 0.341 e. The molecule has 150 valence electrons. The van der Waals surface area contributed by atoms with Gasteiger partial charge >= 0.3 is 5.97 Å². The first-order valence-corrected chi connectivity index (χ1v) is 11.6. The van der Waals surface area contributed by atoms with Gasteiger partial charge in [0, 0.05) is 24.9 Å². The third-order valence-corrected chi connectivity index (χ3v) is 6.68. The number of aryl methyl sites for hydroxylation is 2. The van der Waals surface area contributed by atoms with Gasteiger partial charge in [-0.25, -0.2) is 4.79 Å². The monoisotopic (exact) mass is 488 g/mol. The van der Waals surface area contributed by atoms with Gasteiger partial charge in [-0.05, 0) is 73.0 Å². The van der Waals surface area contributed by atoms with Crippen molar-refractivity contribution >= 4 is 50.6 Å². The smallest absolute Gasteiger partial charge is 0.341 e. The van der Waals surface area contributed by atoms with Crippen LogP contribution in [0.3, 0.4) is 0 Å². The van der Waals surface area contributed by atoms with E-state index >= 15 is 0 Å². The fourth-order valence-electron chi connectivity index (χ4n) is 2.80. The van der Waals surface area contributed by atoms with E-state index in [1.807, 2.05) is 25.1 Å². The summed E-state index contributed by atoms with van der Waals surface area (Å²) < 4.78 is 6.37. The van der Waals surface area contributed by atoms with Crippen molar-refractivity contribution in [1.29, 1.82) is 0 Å². The molecule has 0 saturated carbocycles. The number of hydrogen-bond donors (Lipinski definition) is 1. The summed E-state index contributed by atoms with van der Waals surface area (Å²) in [7, 11) is 0. The fourth-order valence-corrected chi connectivity index (χ4v) is 4.87. The largest absolute Gasteiger partial charge is 0.482 e. The first-order valence-electron chi connectivity index (χ1n) is 9.03. The summed E-state index contributed by atoms with van der Waals surface area (Å²) in [5, 5.41) is 8.76. The molecule has 0 aliphatic carbocycles. The normalized spacial score (nSPS) is 11.5. The van der Waals surface area contributed by atoms with Crippen LogP contribution in [0.1, 0.15) is 20.9 Å². The number of benzene rings is 2. The van der Waals surface area contributed by atoms with Gasteiger partial charge in [0.25, 0.3) is 0 Å². The molecule has 0 saturated heterocycles. The van der Waals surface area contributed by atoms with Gasteiger partial charge in [0.1, 0.15) is 5.75 Å². The topological polar surface area (TPSA) is 46.5 Å². The van der Waals surface area contributed by atoms with Crippen LogP contribution in [0.5, 0.6) is 5.75 Å². The molecule has 0 bridgehead atoms. The minimum absolute atomic E-state index is 0.327. The molecule has 0 radical (unpaired) electrons. The van der Waals surface area contributed by atoms with Crippen molar-refractivity contribution in [2.24, 2.45) is 0 Å². The van der Waals surface area contributed by atoms with Gasteiger partial charge < -0.3 is 9.84 Å². The van der Waals surface area contributed by atoms with E-state index in [0.29, 0.717) is 5.75 Å². The number of halogens is 1. The van der Waals surface area contributed by atoms with Gasteiger partial charge in [-0.15, -0.1) is 23.1 Å². The Balaban J connectivity index is 1.75. The van der Waals surface area contributed by atoms with E-state index in [1.54, 1.807) is 23.1 Å². The molecule has 1 aromatic heterocycles. The molecule has 1 N–H and O–H groups in total. The molecule has 0 fully saturated rings. The lowest BCUT2D eigenvalue weighted by molar-refractivity contribution is -0.139. The zero-order valence-corrected chi connectivity index (χ0v) is 19.4. The SMILES string of the molecule is Cc1ccc(/C(=C/CSc2ccc(OCC(=O)O)c(C)c2)c2ccc(Br)cc2)s1. The summed E-state index contributed by atoms with van der Waals surface area (Å²) >= 11 is 7.05. The van der Waals surface area contributed by atoms with E-state index in [2.05, 4.69) is 65.3 Å². The third kappa shape index (κ3) is 6.23. The van der Waals surface area contributed by atoms with Crippen LogP contribution in [0, 0.1) is 13.8 Å². The molecule has 2 aromatic carbocycles. The zero-order chi connectivity index (χ0) is 20.8. The number of ether oxygens (including phenoxy) is 1. The lowest BCUT2D eigenvalue weighted by Crippen LogP contribution is -2.09. The molecule has 0 aliphatic rings. The van der Waals surface area contributed by atoms with Crippen LogP contribution < -0.4 is 4.74 Å². The average molecular weight is 489 g/mol. The Hall–Kier alpha value is -2.02. The highest BCUT2D eigenvalue weighted by atomic mass is 79.9. The number of carboxylic acids is 1. The minimum atomic E-state index is -0.975. The minimum Gasteiger partial charge on any atom is -0.482 e. The molecule has 0 aliphatic heterocycles. The summed E-state index contributed by atoms with van der Waals surface area (Å²) in [6, 6.07) is 18.6. The summed E-state index contributed by atoms with van der Waals surface area (Å²) in [5.74, 6) is 0.464. The fraction of sp³-hybridized carbons (Fsp3) is 0.174. The van der Waals surface area contributed by atoms with Crippen LogP contribution in [0.25, 0.3) is 5.57 Å². The Kier molecular flexibility index (Phi) is 7.58. The van der Waals surface area contributed by atoms with Crippen molar-refractivity contribution in [1.82, 2.24) is 0 Å². The first kappa shape index (κ1) is 21.7. The van der Waals surface area contributed by atoms with Crippen LogP contribution in [0.4, 0.5) is 0 Å². The number of thiophene rings is 1. The molecule has 3 nitrogen and oxygen atoms in total. The van der Waals surface area contributed by atoms with Gasteiger partial charge in [-0.1, -0.05) is 34.1 Å². The standard InChI is InChI=1S/C23H21BrO3S2/c1-15-13-19(8-9-21(15)27-14-23(25)26)28-12-11-20(22-10-3-16(2)29-22)17-4-6-18(24)7-5-17/h3-11,13H,12,14H2,1-2H3,(H,25,26)/b20-11+. The van der Waals surface area contributed by atoms with Crippen molar-refractivity contribution in [2.75, 3.05) is 12.4 Å². The van der Waals surface area contributed by atoms with Crippen molar-refractivity contribution in [3.05, 3.63) is 86.0 Å². The van der Waals surface area contributed by atoms with Gasteiger partial charge in [0.15, 0.2) is 6.61 Å². The predicted molar refractivity (Wildman–Crippen MR) is 125 cm³/mol. The van der Waals surface area contributed by atoms with Crippen LogP contribution in [-0.2, 0) is 4.79 Å². The Morgan fingerprint density at radius 2 is 1.90 bits per heavy atom. The molecule has 6 heteroatoms. The Bertz CT molecular complexity index is 1020. The number of thioether (sulfide) groups is 1. The lowest BCUT2D eigenvalue weighted by Gasteiger charge is -2.09. The van der Waals surface area contributed by atoms with Crippen LogP contribution in [0.2, 0.25) is 0 Å². The third-order valence-electron chi connectivity index (χ3n) is 4.20. The molecule has 3 rings (SSSR count). The molecule has 0 amide bonds. The molecule has 0 unspecified atom stereocenters. The highest BCUT2D eigenvalue weighted by Gasteiger charge is 2.08. The predicted octanol–water partition coefficient (Wildman–Crippen LogP) is 6.81. The number of carbonyl (C=O) groups is 1. The Labute approximate surface area is 187 Å². The number of carboxylic acid groups (broad SMARTS) is 1. The van der Waals surface area contributed by atoms with E-state index in [-0.39, 0.29) is 6.61 Å². The van der Waals surface area contributed by atoms with E-state index in [4.69, 9.17) is 9.84 Å². The highest BCUT2D eigenvalue weighted by molar-refractivity contribution is 9.10. The maximum absolute atomic E-state index is 10.7. The first-order chi connectivity index (χ1) is 13.9. The molecule has 3 aromatic rings. The second-order valence-corrected chi connectivity index (χ2v) is 9.75. The number of hydrogen-bond acceptors (Lipinski definition) is 4. The summed E-state index contributed by atoms with van der Waals surface area (Å²) in [6.45, 7) is 3.73. The molecule has 0 spiro atoms. The maximum atomic E-state index is 10.7. The van der Waals surface area contributed by atoms with E-state index in [1.165, 1.54) is 20.9 Å². The van der Waals surface area contributed by atoms with Gasteiger partial charge in [-0.3, -0.25) is 0 Å². The molecular weight excluding hydrogens is 468 g/mol. The van der Waals surface area contributed by atoms with Gasteiger partial charge in [0.05, 0.1) is 0 Å². The second-order valence-electron chi connectivity index (χ2n) is 6.46. The quantitative estimate of drug-likeness (QED) is 0.353. The van der Waals surface area contributed by atoms with E-state index < -0.39 is 5.97 Å². The Morgan fingerprint density at radius 3 is 2.52 bits per heavy atom. The number of rotatable bonds is 8. The summed E-state index contributed by atoms with van der Waals surface area (Å²) in [5.41, 5.74) is 3.37. The van der Waals surface area contributed by atoms with Crippen LogP contribution in [0.15, 0.2) is 70.0 Å². The summed E-state index contributed by atoms with van der Waals surface area (Å²) in [4.78, 5) is 14.4. The zero-order valence-electron chi connectivity index (χ0n) is 16.1.